The Labute approximate surface area is 151 Å². The van der Waals surface area contributed by atoms with Crippen molar-refractivity contribution in [3.63, 3.8) is 0 Å². The summed E-state index contributed by atoms with van der Waals surface area (Å²) < 4.78 is 10.4. The summed E-state index contributed by atoms with van der Waals surface area (Å²) in [6.07, 6.45) is -0.00388. The Morgan fingerprint density at radius 3 is 2.52 bits per heavy atom. The van der Waals surface area contributed by atoms with Crippen LogP contribution in [0.5, 0.6) is 5.75 Å². The zero-order chi connectivity index (χ0) is 18.2. The number of carbonyl (C=O) groups excluding carboxylic acids is 2. The minimum atomic E-state index is -0.929. The molecule has 0 fully saturated rings. The number of ether oxygens (including phenoxy) is 2. The van der Waals surface area contributed by atoms with E-state index in [-0.39, 0.29) is 6.61 Å². The maximum atomic E-state index is 12.1. The van der Waals surface area contributed by atoms with E-state index < -0.39 is 18.0 Å². The Kier molecular flexibility index (Phi) is 6.83. The summed E-state index contributed by atoms with van der Waals surface area (Å²) in [5.41, 5.74) is 1.83. The van der Waals surface area contributed by atoms with Crippen molar-refractivity contribution in [2.45, 2.75) is 26.4 Å². The van der Waals surface area contributed by atoms with Crippen LogP contribution in [-0.4, -0.2) is 24.6 Å². The third-order valence-corrected chi connectivity index (χ3v) is 3.70. The monoisotopic (exact) mass is 361 g/mol. The van der Waals surface area contributed by atoms with Crippen LogP contribution in [0.15, 0.2) is 48.5 Å². The number of nitrogens with one attached hydrogen (secondary N) is 1. The Balaban J connectivity index is 1.80. The van der Waals surface area contributed by atoms with Crippen LogP contribution in [0.4, 0.5) is 5.69 Å². The van der Waals surface area contributed by atoms with Gasteiger partial charge in [-0.1, -0.05) is 36.7 Å². The molecule has 1 atom stereocenters. The average Bonchev–Trinajstić information content (AvgIpc) is 2.60. The number of hydrogen-bond donors (Lipinski definition) is 1. The molecule has 0 saturated heterocycles. The highest BCUT2D eigenvalue weighted by Crippen LogP contribution is 2.17. The van der Waals surface area contributed by atoms with Gasteiger partial charge in [-0.05, 0) is 49.2 Å². The molecule has 0 aliphatic rings. The first-order valence-corrected chi connectivity index (χ1v) is 8.33. The fourth-order valence-electron chi connectivity index (χ4n) is 2.05. The molecule has 2 aromatic carbocycles. The SMILES string of the molecule is CCc1ccc(NC(=O)C(C)OC(=O)COc2cccc(Cl)c2)cc1. The van der Waals surface area contributed by atoms with Crippen LogP contribution < -0.4 is 10.1 Å². The summed E-state index contributed by atoms with van der Waals surface area (Å²) in [6, 6.07) is 14.2. The molecule has 25 heavy (non-hydrogen) atoms. The molecule has 0 saturated carbocycles. The van der Waals surface area contributed by atoms with Gasteiger partial charge in [0.25, 0.3) is 5.91 Å². The lowest BCUT2D eigenvalue weighted by Crippen LogP contribution is -2.31. The predicted octanol–water partition coefficient (Wildman–Crippen LogP) is 3.85. The van der Waals surface area contributed by atoms with Crippen LogP contribution in [0.1, 0.15) is 19.4 Å². The predicted molar refractivity (Wildman–Crippen MR) is 97.0 cm³/mol. The average molecular weight is 362 g/mol. The molecular weight excluding hydrogens is 342 g/mol. The fourth-order valence-corrected chi connectivity index (χ4v) is 2.23. The van der Waals surface area contributed by atoms with E-state index in [4.69, 9.17) is 21.1 Å². The summed E-state index contributed by atoms with van der Waals surface area (Å²) in [5.74, 6) is -0.582. The van der Waals surface area contributed by atoms with E-state index in [0.29, 0.717) is 16.5 Å². The molecule has 0 radical (unpaired) electrons. The number of hydrogen-bond acceptors (Lipinski definition) is 4. The van der Waals surface area contributed by atoms with Gasteiger partial charge in [0.15, 0.2) is 12.7 Å². The Bertz CT molecular complexity index is 730. The van der Waals surface area contributed by atoms with Gasteiger partial charge in [0, 0.05) is 10.7 Å². The summed E-state index contributed by atoms with van der Waals surface area (Å²) in [7, 11) is 0. The van der Waals surface area contributed by atoms with Crippen molar-refractivity contribution < 1.29 is 19.1 Å². The molecule has 0 aliphatic carbocycles. The highest BCUT2D eigenvalue weighted by Gasteiger charge is 2.18. The standard InChI is InChI=1S/C19H20ClNO4/c1-3-14-7-9-16(10-8-14)21-19(23)13(2)25-18(22)12-24-17-6-4-5-15(20)11-17/h4-11,13H,3,12H2,1-2H3,(H,21,23). The minimum Gasteiger partial charge on any atom is -0.482 e. The third-order valence-electron chi connectivity index (χ3n) is 3.46. The first-order chi connectivity index (χ1) is 12.0. The molecule has 6 heteroatoms. The molecule has 0 spiro atoms. The molecule has 1 N–H and O–H groups in total. The number of esters is 1. The number of carbonyl (C=O) groups is 2. The van der Waals surface area contributed by atoms with E-state index in [2.05, 4.69) is 12.2 Å². The van der Waals surface area contributed by atoms with E-state index in [0.717, 1.165) is 6.42 Å². The van der Waals surface area contributed by atoms with E-state index in [9.17, 15) is 9.59 Å². The Morgan fingerprint density at radius 2 is 1.88 bits per heavy atom. The molecule has 1 amide bonds. The molecule has 1 unspecified atom stereocenters. The number of benzene rings is 2. The van der Waals surface area contributed by atoms with Gasteiger partial charge in [0.1, 0.15) is 5.75 Å². The van der Waals surface area contributed by atoms with Gasteiger partial charge in [0.2, 0.25) is 0 Å². The fraction of sp³-hybridized carbons (Fsp3) is 0.263. The van der Waals surface area contributed by atoms with Gasteiger partial charge in [0.05, 0.1) is 0 Å². The summed E-state index contributed by atoms with van der Waals surface area (Å²) in [5, 5.41) is 3.21. The maximum absolute atomic E-state index is 12.1. The van der Waals surface area contributed by atoms with Crippen molar-refractivity contribution in [3.8, 4) is 5.75 Å². The van der Waals surface area contributed by atoms with Crippen molar-refractivity contribution in [3.05, 3.63) is 59.1 Å². The highest BCUT2D eigenvalue weighted by molar-refractivity contribution is 6.30. The zero-order valence-electron chi connectivity index (χ0n) is 14.1. The van der Waals surface area contributed by atoms with Crippen molar-refractivity contribution >= 4 is 29.2 Å². The lowest BCUT2D eigenvalue weighted by molar-refractivity contribution is -0.155. The van der Waals surface area contributed by atoms with Gasteiger partial charge in [-0.2, -0.15) is 0 Å². The first kappa shape index (κ1) is 18.8. The molecule has 5 nitrogen and oxygen atoms in total. The smallest absolute Gasteiger partial charge is 0.344 e. The van der Waals surface area contributed by atoms with Crippen LogP contribution in [0.2, 0.25) is 5.02 Å². The van der Waals surface area contributed by atoms with Gasteiger partial charge in [-0.3, -0.25) is 4.79 Å². The number of rotatable bonds is 7. The molecular formula is C19H20ClNO4. The van der Waals surface area contributed by atoms with Crippen LogP contribution in [0.25, 0.3) is 0 Å². The van der Waals surface area contributed by atoms with E-state index in [1.165, 1.54) is 12.5 Å². The number of aryl methyl sites for hydroxylation is 1. The Morgan fingerprint density at radius 1 is 1.16 bits per heavy atom. The van der Waals surface area contributed by atoms with Crippen LogP contribution >= 0.6 is 11.6 Å². The van der Waals surface area contributed by atoms with E-state index >= 15 is 0 Å². The summed E-state index contributed by atoms with van der Waals surface area (Å²) in [6.45, 7) is 3.26. The van der Waals surface area contributed by atoms with Gasteiger partial charge < -0.3 is 14.8 Å². The van der Waals surface area contributed by atoms with Crippen molar-refractivity contribution in [2.24, 2.45) is 0 Å². The zero-order valence-corrected chi connectivity index (χ0v) is 14.9. The quantitative estimate of drug-likeness (QED) is 0.761. The van der Waals surface area contributed by atoms with Gasteiger partial charge >= 0.3 is 5.97 Å². The summed E-state index contributed by atoms with van der Waals surface area (Å²) >= 11 is 5.83. The maximum Gasteiger partial charge on any atom is 0.344 e. The van der Waals surface area contributed by atoms with Crippen LogP contribution in [-0.2, 0) is 20.7 Å². The lowest BCUT2D eigenvalue weighted by Gasteiger charge is -2.14. The van der Waals surface area contributed by atoms with Crippen LogP contribution in [0, 0.1) is 0 Å². The van der Waals surface area contributed by atoms with Crippen molar-refractivity contribution in [2.75, 3.05) is 11.9 Å². The Hall–Kier alpha value is -2.53. The van der Waals surface area contributed by atoms with Crippen molar-refractivity contribution in [1.82, 2.24) is 0 Å². The van der Waals surface area contributed by atoms with Gasteiger partial charge in [-0.25, -0.2) is 4.79 Å². The van der Waals surface area contributed by atoms with Gasteiger partial charge in [-0.15, -0.1) is 0 Å². The molecule has 2 rings (SSSR count). The third kappa shape index (κ3) is 6.12. The van der Waals surface area contributed by atoms with E-state index in [1.807, 2.05) is 24.3 Å². The number of amides is 1. The van der Waals surface area contributed by atoms with Crippen LogP contribution in [0.3, 0.4) is 0 Å². The molecule has 0 bridgehead atoms. The molecule has 2 aromatic rings. The second-order valence-corrected chi connectivity index (χ2v) is 5.85. The lowest BCUT2D eigenvalue weighted by atomic mass is 10.1. The highest BCUT2D eigenvalue weighted by atomic mass is 35.5. The molecule has 0 aliphatic heterocycles. The number of halogens is 1. The molecule has 132 valence electrons. The number of anilines is 1. The topological polar surface area (TPSA) is 64.6 Å². The van der Waals surface area contributed by atoms with Crippen molar-refractivity contribution in [1.29, 1.82) is 0 Å². The largest absolute Gasteiger partial charge is 0.482 e. The summed E-state index contributed by atoms with van der Waals surface area (Å²) in [4.78, 5) is 23.9. The normalized spacial score (nSPS) is 11.5. The minimum absolute atomic E-state index is 0.302. The second-order valence-electron chi connectivity index (χ2n) is 5.42. The van der Waals surface area contributed by atoms with E-state index in [1.54, 1.807) is 24.3 Å². The first-order valence-electron chi connectivity index (χ1n) is 7.95. The molecule has 0 aromatic heterocycles. The second kappa shape index (κ2) is 9.08. The molecule has 0 heterocycles.